The molecule has 22 heavy (non-hydrogen) atoms. The van der Waals surface area contributed by atoms with Crippen molar-refractivity contribution >= 4 is 5.78 Å². The number of piperidine rings is 1. The second kappa shape index (κ2) is 4.59. The number of carbonyl (C=O) groups excluding carboxylic acids is 1. The minimum Gasteiger partial charge on any atom is -0.504 e. The highest BCUT2D eigenvalue weighted by atomic mass is 16.5. The number of fused-ring (bicyclic) bond motifs is 1. The normalized spacial score (nSPS) is 33.3. The van der Waals surface area contributed by atoms with Crippen LogP contribution in [0.4, 0.5) is 0 Å². The summed E-state index contributed by atoms with van der Waals surface area (Å²) in [5, 5.41) is 10.8. The molecule has 1 heterocycles. The van der Waals surface area contributed by atoms with E-state index >= 15 is 0 Å². The second-order valence-corrected chi connectivity index (χ2v) is 6.84. The van der Waals surface area contributed by atoms with Gasteiger partial charge in [-0.1, -0.05) is 12.1 Å². The summed E-state index contributed by atoms with van der Waals surface area (Å²) in [6.45, 7) is 0.957. The number of carbonyl (C=O) groups is 1. The van der Waals surface area contributed by atoms with Gasteiger partial charge in [-0.3, -0.25) is 4.79 Å². The Kier molecular flexibility index (Phi) is 2.89. The van der Waals surface area contributed by atoms with Gasteiger partial charge >= 0.3 is 0 Å². The SMILES string of the molecule is COc1ccc2c(c1O)[C@@]13CCN(C)[C@@H](C2)[C@@H]1C=CC(=O)C3. The van der Waals surface area contributed by atoms with Gasteiger partial charge in [0, 0.05) is 29.4 Å². The molecule has 116 valence electrons. The molecule has 1 N–H and O–H groups in total. The molecule has 4 heteroatoms. The van der Waals surface area contributed by atoms with Crippen molar-refractivity contribution in [3.8, 4) is 11.5 Å². The van der Waals surface area contributed by atoms with E-state index < -0.39 is 0 Å². The van der Waals surface area contributed by atoms with Gasteiger partial charge in [-0.05, 0) is 44.1 Å². The zero-order valence-corrected chi connectivity index (χ0v) is 13.0. The quantitative estimate of drug-likeness (QED) is 0.862. The van der Waals surface area contributed by atoms with E-state index in [1.54, 1.807) is 13.2 Å². The van der Waals surface area contributed by atoms with Crippen LogP contribution in [0, 0.1) is 5.92 Å². The number of phenols is 1. The average Bonchev–Trinajstić information content (AvgIpc) is 2.50. The Morgan fingerprint density at radius 2 is 2.23 bits per heavy atom. The van der Waals surface area contributed by atoms with Gasteiger partial charge in [0.15, 0.2) is 17.3 Å². The topological polar surface area (TPSA) is 49.8 Å². The monoisotopic (exact) mass is 299 g/mol. The van der Waals surface area contributed by atoms with Gasteiger partial charge in [-0.2, -0.15) is 0 Å². The number of rotatable bonds is 1. The highest BCUT2D eigenvalue weighted by Gasteiger charge is 2.54. The molecule has 0 aromatic heterocycles. The maximum absolute atomic E-state index is 12.2. The number of allylic oxidation sites excluding steroid dienone is 1. The van der Waals surface area contributed by atoms with Crippen molar-refractivity contribution in [3.05, 3.63) is 35.4 Å². The summed E-state index contributed by atoms with van der Waals surface area (Å²) in [5.74, 6) is 1.19. The van der Waals surface area contributed by atoms with E-state index in [1.165, 1.54) is 0 Å². The summed E-state index contributed by atoms with van der Waals surface area (Å²) in [4.78, 5) is 14.6. The Morgan fingerprint density at radius 3 is 3.00 bits per heavy atom. The highest BCUT2D eigenvalue weighted by Crippen LogP contribution is 2.56. The molecule has 1 saturated heterocycles. The van der Waals surface area contributed by atoms with Gasteiger partial charge in [0.2, 0.25) is 0 Å². The lowest BCUT2D eigenvalue weighted by Crippen LogP contribution is -2.59. The van der Waals surface area contributed by atoms with Crippen LogP contribution in [-0.4, -0.2) is 42.5 Å². The van der Waals surface area contributed by atoms with Crippen molar-refractivity contribution in [1.29, 1.82) is 0 Å². The van der Waals surface area contributed by atoms with Crippen LogP contribution >= 0.6 is 0 Å². The Bertz CT molecular complexity index is 681. The number of ketones is 1. The average molecular weight is 299 g/mol. The van der Waals surface area contributed by atoms with Crippen molar-refractivity contribution in [3.63, 3.8) is 0 Å². The van der Waals surface area contributed by atoms with Gasteiger partial charge < -0.3 is 14.7 Å². The molecule has 4 rings (SSSR count). The smallest absolute Gasteiger partial charge is 0.161 e. The number of hydrogen-bond donors (Lipinski definition) is 1. The van der Waals surface area contributed by atoms with Crippen molar-refractivity contribution in [2.45, 2.75) is 30.7 Å². The molecule has 1 aliphatic heterocycles. The molecule has 0 spiro atoms. The van der Waals surface area contributed by atoms with Crippen LogP contribution in [0.3, 0.4) is 0 Å². The lowest BCUT2D eigenvalue weighted by Gasteiger charge is -2.56. The fraction of sp³-hybridized carbons (Fsp3) is 0.500. The summed E-state index contributed by atoms with van der Waals surface area (Å²) in [6, 6.07) is 4.29. The lowest BCUT2D eigenvalue weighted by atomic mass is 9.53. The summed E-state index contributed by atoms with van der Waals surface area (Å²) < 4.78 is 5.31. The van der Waals surface area contributed by atoms with E-state index in [1.807, 2.05) is 6.07 Å². The molecule has 0 saturated carbocycles. The first-order valence-corrected chi connectivity index (χ1v) is 7.87. The first-order valence-electron chi connectivity index (χ1n) is 7.87. The molecule has 4 nitrogen and oxygen atoms in total. The molecule has 1 fully saturated rings. The number of likely N-dealkylation sites (tertiary alicyclic amines) is 1. The maximum Gasteiger partial charge on any atom is 0.161 e. The van der Waals surface area contributed by atoms with Crippen LogP contribution in [0.25, 0.3) is 0 Å². The number of ether oxygens (including phenoxy) is 1. The van der Waals surface area contributed by atoms with Crippen molar-refractivity contribution in [2.24, 2.45) is 5.92 Å². The molecule has 0 unspecified atom stereocenters. The Balaban J connectivity index is 1.98. The largest absolute Gasteiger partial charge is 0.504 e. The van der Waals surface area contributed by atoms with Gasteiger partial charge in [0.05, 0.1) is 7.11 Å². The number of phenolic OH excluding ortho intramolecular Hbond substituents is 1. The van der Waals surface area contributed by atoms with Gasteiger partial charge in [-0.15, -0.1) is 0 Å². The molecule has 1 aromatic carbocycles. The summed E-state index contributed by atoms with van der Waals surface area (Å²) in [5.41, 5.74) is 1.85. The lowest BCUT2D eigenvalue weighted by molar-refractivity contribution is -0.118. The molecule has 2 bridgehead atoms. The molecule has 0 amide bonds. The van der Waals surface area contributed by atoms with Crippen LogP contribution in [0.5, 0.6) is 11.5 Å². The first-order chi connectivity index (χ1) is 10.6. The molecular weight excluding hydrogens is 278 g/mol. The number of nitrogens with zero attached hydrogens (tertiary/aromatic N) is 1. The van der Waals surface area contributed by atoms with Crippen molar-refractivity contribution < 1.29 is 14.6 Å². The number of methoxy groups -OCH3 is 1. The predicted octanol–water partition coefficient (Wildman–Crippen LogP) is 2.04. The third-order valence-electron chi connectivity index (χ3n) is 5.88. The van der Waals surface area contributed by atoms with Crippen LogP contribution < -0.4 is 4.74 Å². The standard InChI is InChI=1S/C18H21NO3/c1-19-8-7-18-10-12(20)4-5-13(18)14(19)9-11-3-6-15(22-2)17(21)16(11)18/h3-6,13-14,21H,7-10H2,1-2H3/t13-,14-,18+/m0/s1. The van der Waals surface area contributed by atoms with Crippen molar-refractivity contribution in [2.75, 3.05) is 20.7 Å². The van der Waals surface area contributed by atoms with Crippen LogP contribution in [-0.2, 0) is 16.6 Å². The van der Waals surface area contributed by atoms with Gasteiger partial charge in [0.25, 0.3) is 0 Å². The minimum atomic E-state index is -0.269. The van der Waals surface area contributed by atoms with E-state index in [4.69, 9.17) is 4.74 Å². The molecule has 0 radical (unpaired) electrons. The third kappa shape index (κ3) is 1.64. The molecule has 1 aromatic rings. The minimum absolute atomic E-state index is 0.162. The summed E-state index contributed by atoms with van der Waals surface area (Å²) in [6.07, 6.45) is 6.11. The molecule has 2 aliphatic carbocycles. The number of benzene rings is 1. The van der Waals surface area contributed by atoms with Crippen molar-refractivity contribution in [1.82, 2.24) is 4.90 Å². The summed E-state index contributed by atoms with van der Waals surface area (Å²) >= 11 is 0. The fourth-order valence-corrected chi connectivity index (χ4v) is 4.84. The third-order valence-corrected chi connectivity index (χ3v) is 5.88. The summed E-state index contributed by atoms with van der Waals surface area (Å²) in [7, 11) is 3.73. The fourth-order valence-electron chi connectivity index (χ4n) is 4.84. The molecule has 3 atom stereocenters. The molecular formula is C18H21NO3. The van der Waals surface area contributed by atoms with E-state index in [9.17, 15) is 9.90 Å². The van der Waals surface area contributed by atoms with E-state index in [2.05, 4.69) is 24.1 Å². The number of hydrogen-bond acceptors (Lipinski definition) is 4. The van der Waals surface area contributed by atoms with E-state index in [-0.39, 0.29) is 22.9 Å². The number of aromatic hydroxyl groups is 1. The Morgan fingerprint density at radius 1 is 1.41 bits per heavy atom. The second-order valence-electron chi connectivity index (χ2n) is 6.84. The van der Waals surface area contributed by atoms with Crippen LogP contribution in [0.1, 0.15) is 24.0 Å². The maximum atomic E-state index is 12.2. The van der Waals surface area contributed by atoms with Crippen LogP contribution in [0.15, 0.2) is 24.3 Å². The highest BCUT2D eigenvalue weighted by molar-refractivity contribution is 5.92. The number of likely N-dealkylation sites (N-methyl/N-ethyl adjacent to an activating group) is 1. The zero-order valence-electron chi connectivity index (χ0n) is 13.0. The van der Waals surface area contributed by atoms with Crippen LogP contribution in [0.2, 0.25) is 0 Å². The Labute approximate surface area is 130 Å². The van der Waals surface area contributed by atoms with E-state index in [0.717, 1.165) is 30.5 Å². The van der Waals surface area contributed by atoms with E-state index in [0.29, 0.717) is 18.2 Å². The Hall–Kier alpha value is -1.81. The van der Waals surface area contributed by atoms with Gasteiger partial charge in [-0.25, -0.2) is 0 Å². The first kappa shape index (κ1) is 13.8. The van der Waals surface area contributed by atoms with Gasteiger partial charge in [0.1, 0.15) is 0 Å². The zero-order chi connectivity index (χ0) is 15.5. The predicted molar refractivity (Wildman–Crippen MR) is 83.3 cm³/mol. The molecule has 3 aliphatic rings.